The Morgan fingerprint density at radius 3 is 2.35 bits per heavy atom. The van der Waals surface area contributed by atoms with Gasteiger partial charge in [-0.3, -0.25) is 0 Å². The Kier molecular flexibility index (Phi) is 6.85. The molecule has 0 saturated heterocycles. The number of rotatable bonds is 5. The van der Waals surface area contributed by atoms with Crippen LogP contribution < -0.4 is 5.32 Å². The summed E-state index contributed by atoms with van der Waals surface area (Å²) < 4.78 is 10.8. The predicted molar refractivity (Wildman–Crippen MR) is 93.9 cm³/mol. The molecule has 0 unspecified atom stereocenters. The normalized spacial score (nSPS) is 11.0. The highest BCUT2D eigenvalue weighted by atomic mass is 35.5. The van der Waals surface area contributed by atoms with Crippen LogP contribution in [0.3, 0.4) is 0 Å². The molecule has 0 fully saturated rings. The van der Waals surface area contributed by atoms with Crippen LogP contribution in [0.1, 0.15) is 43.8 Å². The molecule has 0 aliphatic carbocycles. The van der Waals surface area contributed by atoms with Crippen LogP contribution in [0.4, 0.5) is 0 Å². The zero-order chi connectivity index (χ0) is 16.2. The lowest BCUT2D eigenvalue weighted by Gasteiger charge is -2.19. The van der Waals surface area contributed by atoms with Crippen molar-refractivity contribution in [2.24, 2.45) is 0 Å². The summed E-state index contributed by atoms with van der Waals surface area (Å²) in [6, 6.07) is 11.1. The Bertz CT molecular complexity index is 626. The first-order valence-electron chi connectivity index (χ1n) is 7.50. The van der Waals surface area contributed by atoms with Crippen molar-refractivity contribution in [1.29, 1.82) is 0 Å². The van der Waals surface area contributed by atoms with Crippen LogP contribution in [0.2, 0.25) is 0 Å². The van der Waals surface area contributed by atoms with E-state index in [9.17, 15) is 4.79 Å². The zero-order valence-electron chi connectivity index (χ0n) is 14.0. The van der Waals surface area contributed by atoms with Gasteiger partial charge in [0.15, 0.2) is 0 Å². The van der Waals surface area contributed by atoms with Gasteiger partial charge in [0.1, 0.15) is 11.5 Å². The third-order valence-corrected chi connectivity index (χ3v) is 3.14. The van der Waals surface area contributed by atoms with E-state index < -0.39 is 0 Å². The van der Waals surface area contributed by atoms with E-state index in [4.69, 9.17) is 9.15 Å². The summed E-state index contributed by atoms with van der Waals surface area (Å²) in [6.07, 6.45) is 0. The maximum Gasteiger partial charge on any atom is 0.338 e. The molecule has 0 aliphatic rings. The number of nitrogens with one attached hydrogen (secondary N) is 1. The van der Waals surface area contributed by atoms with Crippen molar-refractivity contribution in [3.05, 3.63) is 47.7 Å². The van der Waals surface area contributed by atoms with E-state index in [-0.39, 0.29) is 23.9 Å². The summed E-state index contributed by atoms with van der Waals surface area (Å²) in [5.41, 5.74) is 1.54. The number of hydrogen-bond donors (Lipinski definition) is 1. The third kappa shape index (κ3) is 5.73. The van der Waals surface area contributed by atoms with Crippen molar-refractivity contribution >= 4 is 18.4 Å². The van der Waals surface area contributed by atoms with Gasteiger partial charge in [-0.2, -0.15) is 0 Å². The quantitative estimate of drug-likeness (QED) is 0.820. The van der Waals surface area contributed by atoms with E-state index in [0.717, 1.165) is 17.1 Å². The van der Waals surface area contributed by atoms with Gasteiger partial charge in [-0.25, -0.2) is 4.79 Å². The topological polar surface area (TPSA) is 51.5 Å². The minimum absolute atomic E-state index is 0. The van der Waals surface area contributed by atoms with Crippen molar-refractivity contribution in [2.45, 2.75) is 39.8 Å². The Morgan fingerprint density at radius 1 is 1.13 bits per heavy atom. The summed E-state index contributed by atoms with van der Waals surface area (Å²) in [6.45, 7) is 9.20. The molecule has 1 aromatic heterocycles. The number of carbonyl (C=O) groups is 1. The van der Waals surface area contributed by atoms with Crippen molar-refractivity contribution in [3.8, 4) is 11.3 Å². The maximum atomic E-state index is 11.6. The molecular formula is C18H24ClNO3. The number of benzene rings is 1. The fraction of sp³-hybridized carbons (Fsp3) is 0.389. The molecule has 5 heteroatoms. The number of furan rings is 1. The molecule has 0 spiro atoms. The molecule has 0 saturated carbocycles. The Labute approximate surface area is 143 Å². The highest BCUT2D eigenvalue weighted by Crippen LogP contribution is 2.23. The van der Waals surface area contributed by atoms with E-state index >= 15 is 0 Å². The van der Waals surface area contributed by atoms with Crippen LogP contribution in [-0.4, -0.2) is 18.1 Å². The number of carbonyl (C=O) groups excluding carboxylic acids is 1. The standard InChI is InChI=1S/C18H23NO3.ClH/c1-5-21-17(20)14-8-6-13(7-9-14)16-11-10-15(22-16)12-19-18(2,3)4;/h6-11,19H,5,12H2,1-4H3;1H. The summed E-state index contributed by atoms with van der Waals surface area (Å²) >= 11 is 0. The van der Waals surface area contributed by atoms with Crippen LogP contribution >= 0.6 is 12.4 Å². The van der Waals surface area contributed by atoms with Gasteiger partial charge in [0.2, 0.25) is 0 Å². The Balaban J connectivity index is 0.00000264. The first-order valence-corrected chi connectivity index (χ1v) is 7.50. The molecule has 0 aliphatic heterocycles. The fourth-order valence-electron chi connectivity index (χ4n) is 1.97. The molecule has 23 heavy (non-hydrogen) atoms. The van der Waals surface area contributed by atoms with E-state index in [0.29, 0.717) is 18.7 Å². The molecule has 0 radical (unpaired) electrons. The fourth-order valence-corrected chi connectivity index (χ4v) is 1.97. The van der Waals surface area contributed by atoms with Crippen LogP contribution in [0, 0.1) is 0 Å². The van der Waals surface area contributed by atoms with E-state index in [2.05, 4.69) is 26.1 Å². The number of hydrogen-bond acceptors (Lipinski definition) is 4. The molecule has 4 nitrogen and oxygen atoms in total. The summed E-state index contributed by atoms with van der Waals surface area (Å²) in [5.74, 6) is 1.38. The first-order chi connectivity index (χ1) is 10.4. The summed E-state index contributed by atoms with van der Waals surface area (Å²) in [5, 5.41) is 3.39. The Morgan fingerprint density at radius 2 is 1.78 bits per heavy atom. The molecule has 1 aromatic carbocycles. The Hall–Kier alpha value is -1.78. The minimum atomic E-state index is -0.302. The van der Waals surface area contributed by atoms with E-state index in [1.54, 1.807) is 19.1 Å². The van der Waals surface area contributed by atoms with Gasteiger partial charge in [-0.15, -0.1) is 12.4 Å². The van der Waals surface area contributed by atoms with E-state index in [1.165, 1.54) is 0 Å². The van der Waals surface area contributed by atoms with Gasteiger partial charge in [-0.1, -0.05) is 12.1 Å². The monoisotopic (exact) mass is 337 g/mol. The summed E-state index contributed by atoms with van der Waals surface area (Å²) in [4.78, 5) is 11.6. The SMILES string of the molecule is CCOC(=O)c1ccc(-c2ccc(CNC(C)(C)C)o2)cc1.Cl. The summed E-state index contributed by atoms with van der Waals surface area (Å²) in [7, 11) is 0. The van der Waals surface area contributed by atoms with Crippen molar-refractivity contribution in [1.82, 2.24) is 5.32 Å². The number of halogens is 1. The largest absolute Gasteiger partial charge is 0.462 e. The molecule has 0 bridgehead atoms. The number of ether oxygens (including phenoxy) is 1. The highest BCUT2D eigenvalue weighted by molar-refractivity contribution is 5.89. The van der Waals surface area contributed by atoms with Crippen LogP contribution in [0.5, 0.6) is 0 Å². The van der Waals surface area contributed by atoms with Gasteiger partial charge in [0.05, 0.1) is 18.7 Å². The smallest absolute Gasteiger partial charge is 0.338 e. The lowest BCUT2D eigenvalue weighted by molar-refractivity contribution is 0.0526. The molecule has 2 rings (SSSR count). The second kappa shape index (κ2) is 8.18. The van der Waals surface area contributed by atoms with Crippen molar-refractivity contribution < 1.29 is 13.9 Å². The van der Waals surface area contributed by atoms with Gasteiger partial charge < -0.3 is 14.5 Å². The molecule has 126 valence electrons. The molecule has 1 heterocycles. The average Bonchev–Trinajstić information content (AvgIpc) is 2.94. The predicted octanol–water partition coefficient (Wildman–Crippen LogP) is 4.43. The average molecular weight is 338 g/mol. The highest BCUT2D eigenvalue weighted by Gasteiger charge is 2.11. The van der Waals surface area contributed by atoms with Gasteiger partial charge in [-0.05, 0) is 52.0 Å². The van der Waals surface area contributed by atoms with E-state index in [1.807, 2.05) is 24.3 Å². The molecule has 1 N–H and O–H groups in total. The van der Waals surface area contributed by atoms with Crippen LogP contribution in [0.25, 0.3) is 11.3 Å². The number of esters is 1. The van der Waals surface area contributed by atoms with Crippen LogP contribution in [-0.2, 0) is 11.3 Å². The van der Waals surface area contributed by atoms with Crippen molar-refractivity contribution in [2.75, 3.05) is 6.61 Å². The van der Waals surface area contributed by atoms with Gasteiger partial charge in [0.25, 0.3) is 0 Å². The lowest BCUT2D eigenvalue weighted by Crippen LogP contribution is -2.34. The molecular weight excluding hydrogens is 314 g/mol. The van der Waals surface area contributed by atoms with Crippen molar-refractivity contribution in [3.63, 3.8) is 0 Å². The third-order valence-electron chi connectivity index (χ3n) is 3.14. The first kappa shape index (κ1) is 19.3. The maximum absolute atomic E-state index is 11.6. The van der Waals surface area contributed by atoms with Crippen LogP contribution in [0.15, 0.2) is 40.8 Å². The lowest BCUT2D eigenvalue weighted by atomic mass is 10.1. The molecule has 2 aromatic rings. The zero-order valence-corrected chi connectivity index (χ0v) is 14.8. The minimum Gasteiger partial charge on any atom is -0.462 e. The van der Waals surface area contributed by atoms with Gasteiger partial charge >= 0.3 is 5.97 Å². The second-order valence-corrected chi connectivity index (χ2v) is 6.17. The molecule has 0 amide bonds. The second-order valence-electron chi connectivity index (χ2n) is 6.17. The molecule has 0 atom stereocenters. The van der Waals surface area contributed by atoms with Gasteiger partial charge in [0, 0.05) is 11.1 Å².